The van der Waals surface area contributed by atoms with Gasteiger partial charge in [-0.15, -0.1) is 10.2 Å². The lowest BCUT2D eigenvalue weighted by molar-refractivity contribution is 0.601. The van der Waals surface area contributed by atoms with E-state index in [9.17, 15) is 8.42 Å². The lowest BCUT2D eigenvalue weighted by Gasteiger charge is -2.10. The summed E-state index contributed by atoms with van der Waals surface area (Å²) in [5, 5.41) is 11.1. The lowest BCUT2D eigenvalue weighted by Crippen LogP contribution is -2.14. The summed E-state index contributed by atoms with van der Waals surface area (Å²) in [5.74, 6) is 0.699. The first-order valence-corrected chi connectivity index (χ1v) is 9.18. The topological polar surface area (TPSA) is 84.0 Å². The van der Waals surface area contributed by atoms with Gasteiger partial charge in [-0.05, 0) is 55.3 Å². The molecule has 0 fully saturated rings. The van der Waals surface area contributed by atoms with Crippen molar-refractivity contribution in [3.63, 3.8) is 0 Å². The number of hydrogen-bond donors (Lipinski definition) is 2. The van der Waals surface area contributed by atoms with E-state index >= 15 is 0 Å². The van der Waals surface area contributed by atoms with E-state index in [0.29, 0.717) is 5.82 Å². The van der Waals surface area contributed by atoms with Gasteiger partial charge in [-0.2, -0.15) is 0 Å². The number of nitrogens with zero attached hydrogens (tertiary/aromatic N) is 2. The minimum Gasteiger partial charge on any atom is -0.339 e. The van der Waals surface area contributed by atoms with Gasteiger partial charge in [0.25, 0.3) is 10.0 Å². The van der Waals surface area contributed by atoms with Crippen molar-refractivity contribution < 1.29 is 8.42 Å². The van der Waals surface area contributed by atoms with Gasteiger partial charge >= 0.3 is 0 Å². The highest BCUT2D eigenvalue weighted by atomic mass is 32.2. The summed E-state index contributed by atoms with van der Waals surface area (Å²) in [6.07, 6.45) is 0. The van der Waals surface area contributed by atoms with Gasteiger partial charge in [-0.1, -0.05) is 30.3 Å². The maximum absolute atomic E-state index is 12.4. The molecule has 0 aliphatic heterocycles. The monoisotopic (exact) mass is 354 g/mol. The average Bonchev–Trinajstić information content (AvgIpc) is 2.58. The molecule has 1 aromatic heterocycles. The number of aryl methyl sites for hydroxylation is 2. The molecule has 7 heteroatoms. The van der Waals surface area contributed by atoms with E-state index in [1.54, 1.807) is 24.3 Å². The van der Waals surface area contributed by atoms with Crippen molar-refractivity contribution in [1.29, 1.82) is 0 Å². The molecule has 3 aromatic rings. The molecule has 2 aromatic carbocycles. The highest BCUT2D eigenvalue weighted by molar-refractivity contribution is 7.92. The first kappa shape index (κ1) is 16.9. The Morgan fingerprint density at radius 2 is 1.56 bits per heavy atom. The molecular formula is C18H18N4O2S. The summed E-state index contributed by atoms with van der Waals surface area (Å²) in [6.45, 7) is 3.82. The average molecular weight is 354 g/mol. The highest BCUT2D eigenvalue weighted by Gasteiger charge is 2.15. The lowest BCUT2D eigenvalue weighted by atomic mass is 10.2. The second kappa shape index (κ2) is 6.90. The van der Waals surface area contributed by atoms with Crippen molar-refractivity contribution in [3.05, 3.63) is 71.8 Å². The number of aromatic nitrogens is 2. The van der Waals surface area contributed by atoms with Crippen LogP contribution in [-0.2, 0) is 10.0 Å². The van der Waals surface area contributed by atoms with E-state index in [-0.39, 0.29) is 10.7 Å². The Hall–Kier alpha value is -2.93. The Morgan fingerprint density at radius 1 is 0.840 bits per heavy atom. The van der Waals surface area contributed by atoms with Crippen LogP contribution >= 0.6 is 0 Å². The van der Waals surface area contributed by atoms with Crippen LogP contribution in [0.15, 0.2) is 65.6 Å². The molecule has 0 bridgehead atoms. The van der Waals surface area contributed by atoms with Gasteiger partial charge in [-0.25, -0.2) is 8.42 Å². The zero-order valence-electron chi connectivity index (χ0n) is 13.9. The van der Waals surface area contributed by atoms with Gasteiger partial charge in [0.05, 0.1) is 4.90 Å². The molecule has 0 spiro atoms. The summed E-state index contributed by atoms with van der Waals surface area (Å²) in [6, 6.07) is 17.7. The fraction of sp³-hybridized carbons (Fsp3) is 0.111. The van der Waals surface area contributed by atoms with Crippen molar-refractivity contribution in [1.82, 2.24) is 10.2 Å². The van der Waals surface area contributed by atoms with Crippen LogP contribution in [0.4, 0.5) is 17.3 Å². The van der Waals surface area contributed by atoms with Crippen molar-refractivity contribution in [3.8, 4) is 0 Å². The standard InChI is InChI=1S/C18H18N4O2S/c1-13-6-5-8-15(12-13)25(23,24)22-18-11-10-17(20-21-18)19-16-9-4-3-7-14(16)2/h3-12H,1-2H3,(H,19,20)(H,21,22). The summed E-state index contributed by atoms with van der Waals surface area (Å²) >= 11 is 0. The molecule has 2 N–H and O–H groups in total. The van der Waals surface area contributed by atoms with Crippen molar-refractivity contribution >= 4 is 27.3 Å². The normalized spacial score (nSPS) is 11.1. The van der Waals surface area contributed by atoms with Crippen molar-refractivity contribution in [2.75, 3.05) is 10.0 Å². The van der Waals surface area contributed by atoms with Gasteiger partial charge in [0.1, 0.15) is 0 Å². The molecule has 25 heavy (non-hydrogen) atoms. The predicted molar refractivity (Wildman–Crippen MR) is 98.5 cm³/mol. The number of anilines is 3. The number of para-hydroxylation sites is 1. The Kier molecular flexibility index (Phi) is 4.67. The van der Waals surface area contributed by atoms with E-state index in [0.717, 1.165) is 16.8 Å². The molecule has 0 amide bonds. The number of sulfonamides is 1. The molecule has 6 nitrogen and oxygen atoms in total. The van der Waals surface area contributed by atoms with Gasteiger partial charge in [-0.3, -0.25) is 4.72 Å². The maximum atomic E-state index is 12.4. The largest absolute Gasteiger partial charge is 0.339 e. The quantitative estimate of drug-likeness (QED) is 0.731. The Labute approximate surface area is 147 Å². The molecule has 0 aliphatic carbocycles. The Morgan fingerprint density at radius 3 is 2.24 bits per heavy atom. The first-order chi connectivity index (χ1) is 11.9. The minimum atomic E-state index is -3.69. The first-order valence-electron chi connectivity index (χ1n) is 7.70. The van der Waals surface area contributed by atoms with Gasteiger partial charge in [0.2, 0.25) is 0 Å². The second-order valence-electron chi connectivity index (χ2n) is 5.67. The number of rotatable bonds is 5. The molecule has 0 saturated heterocycles. The van der Waals surface area contributed by atoms with Crippen LogP contribution < -0.4 is 10.0 Å². The molecule has 3 rings (SSSR count). The van der Waals surface area contributed by atoms with E-state index < -0.39 is 10.0 Å². The van der Waals surface area contributed by atoms with Gasteiger partial charge in [0.15, 0.2) is 11.6 Å². The third kappa shape index (κ3) is 4.13. The smallest absolute Gasteiger partial charge is 0.263 e. The molecule has 0 radical (unpaired) electrons. The molecular weight excluding hydrogens is 336 g/mol. The SMILES string of the molecule is Cc1cccc(S(=O)(=O)Nc2ccc(Nc3ccccc3C)nn2)c1. The van der Waals surface area contributed by atoms with Crippen LogP contribution in [0.3, 0.4) is 0 Å². The van der Waals surface area contributed by atoms with Crippen LogP contribution in [0, 0.1) is 13.8 Å². The highest BCUT2D eigenvalue weighted by Crippen LogP contribution is 2.20. The molecule has 1 heterocycles. The van der Waals surface area contributed by atoms with Crippen LogP contribution in [-0.4, -0.2) is 18.6 Å². The molecule has 0 saturated carbocycles. The van der Waals surface area contributed by atoms with E-state index in [1.807, 2.05) is 44.2 Å². The molecule has 0 atom stereocenters. The number of benzene rings is 2. The van der Waals surface area contributed by atoms with Crippen molar-refractivity contribution in [2.24, 2.45) is 0 Å². The predicted octanol–water partition coefficient (Wildman–Crippen LogP) is 3.64. The van der Waals surface area contributed by atoms with Crippen LogP contribution in [0.1, 0.15) is 11.1 Å². The van der Waals surface area contributed by atoms with Crippen molar-refractivity contribution in [2.45, 2.75) is 18.7 Å². The third-order valence-electron chi connectivity index (χ3n) is 3.61. The Bertz CT molecular complexity index is 986. The van der Waals surface area contributed by atoms with Crippen LogP contribution in [0.5, 0.6) is 0 Å². The minimum absolute atomic E-state index is 0.164. The zero-order chi connectivity index (χ0) is 17.9. The van der Waals surface area contributed by atoms with Gasteiger partial charge < -0.3 is 5.32 Å². The van der Waals surface area contributed by atoms with Crippen LogP contribution in [0.2, 0.25) is 0 Å². The molecule has 0 unspecified atom stereocenters. The zero-order valence-corrected chi connectivity index (χ0v) is 14.7. The summed E-state index contributed by atoms with van der Waals surface area (Å²) < 4.78 is 27.2. The van der Waals surface area contributed by atoms with E-state index in [1.165, 1.54) is 6.07 Å². The van der Waals surface area contributed by atoms with Crippen LogP contribution in [0.25, 0.3) is 0 Å². The fourth-order valence-electron chi connectivity index (χ4n) is 2.28. The summed E-state index contributed by atoms with van der Waals surface area (Å²) in [5.41, 5.74) is 2.87. The van der Waals surface area contributed by atoms with E-state index in [2.05, 4.69) is 20.2 Å². The summed E-state index contributed by atoms with van der Waals surface area (Å²) in [4.78, 5) is 0.191. The number of nitrogens with one attached hydrogen (secondary N) is 2. The fourth-order valence-corrected chi connectivity index (χ4v) is 3.38. The Balaban J connectivity index is 1.75. The van der Waals surface area contributed by atoms with Gasteiger partial charge in [0, 0.05) is 5.69 Å². The van der Waals surface area contributed by atoms with E-state index in [4.69, 9.17) is 0 Å². The second-order valence-corrected chi connectivity index (χ2v) is 7.35. The summed E-state index contributed by atoms with van der Waals surface area (Å²) in [7, 11) is -3.69. The maximum Gasteiger partial charge on any atom is 0.263 e. The molecule has 128 valence electrons. The number of hydrogen-bond acceptors (Lipinski definition) is 5. The molecule has 0 aliphatic rings. The third-order valence-corrected chi connectivity index (χ3v) is 4.96.